The quantitative estimate of drug-likeness (QED) is 0.698. The van der Waals surface area contributed by atoms with Crippen LogP contribution in [0, 0.1) is 0 Å². The molecule has 0 fully saturated rings. The fourth-order valence-electron chi connectivity index (χ4n) is 2.65. The highest BCUT2D eigenvalue weighted by molar-refractivity contribution is 7.97. The van der Waals surface area contributed by atoms with E-state index in [2.05, 4.69) is 30.0 Å². The summed E-state index contributed by atoms with van der Waals surface area (Å²) >= 11 is 1.60. The van der Waals surface area contributed by atoms with Gasteiger partial charge in [0.05, 0.1) is 0 Å². The van der Waals surface area contributed by atoms with Crippen molar-refractivity contribution in [1.29, 1.82) is 0 Å². The summed E-state index contributed by atoms with van der Waals surface area (Å²) in [6, 6.07) is 3.80. The molecular weight excluding hydrogens is 333 g/mol. The minimum Gasteiger partial charge on any atom is -0.507 e. The molecule has 0 aromatic heterocycles. The third-order valence-corrected chi connectivity index (χ3v) is 5.00. The molecule has 1 aromatic rings. The predicted octanol–water partition coefficient (Wildman–Crippen LogP) is 5.73. The highest BCUT2D eigenvalue weighted by atomic mass is 32.2. The Bertz CT molecular complexity index is 674. The second-order valence-corrected chi connectivity index (χ2v) is 8.32. The number of thioether (sulfide) groups is 1. The standard InChI is InChI=1S/C18H23F2OPS/c1-18(2,3)11-5-10(9-23-4)17(21)13(6-11)16-14(20)7-12(19)8-15(16)22/h5-6,8,12,21H,7,9,22H2,1-4H3. The number of hydrogen-bond donors (Lipinski definition) is 1. The summed E-state index contributed by atoms with van der Waals surface area (Å²) in [5.74, 6) is 0.212. The zero-order valence-electron chi connectivity index (χ0n) is 13.9. The number of benzene rings is 1. The van der Waals surface area contributed by atoms with E-state index in [1.807, 2.05) is 18.4 Å². The number of allylic oxidation sites excluding steroid dienone is 4. The molecular formula is C18H23F2OPS. The number of alkyl halides is 1. The number of halogens is 2. The van der Waals surface area contributed by atoms with Crippen LogP contribution in [0.2, 0.25) is 0 Å². The van der Waals surface area contributed by atoms with Gasteiger partial charge in [0.25, 0.3) is 0 Å². The lowest BCUT2D eigenvalue weighted by atomic mass is 9.83. The monoisotopic (exact) mass is 356 g/mol. The van der Waals surface area contributed by atoms with Crippen molar-refractivity contribution in [2.75, 3.05) is 6.26 Å². The number of phenols is 1. The van der Waals surface area contributed by atoms with Gasteiger partial charge in [-0.15, -0.1) is 9.24 Å². The molecule has 1 N–H and O–H groups in total. The summed E-state index contributed by atoms with van der Waals surface area (Å²) in [5, 5.41) is 11.1. The van der Waals surface area contributed by atoms with E-state index in [9.17, 15) is 13.9 Å². The van der Waals surface area contributed by atoms with Gasteiger partial charge in [-0.25, -0.2) is 8.78 Å². The molecule has 0 bridgehead atoms. The van der Waals surface area contributed by atoms with Crippen LogP contribution in [0.15, 0.2) is 29.3 Å². The predicted molar refractivity (Wildman–Crippen MR) is 99.4 cm³/mol. The van der Waals surface area contributed by atoms with Crippen molar-refractivity contribution in [3.63, 3.8) is 0 Å². The maximum atomic E-state index is 14.4. The fraction of sp³-hybridized carbons (Fsp3) is 0.444. The SMILES string of the molecule is CSCc1cc(C(C)(C)C)cc(C2=C(F)CC(F)C=C2P)c1O. The van der Waals surface area contributed by atoms with E-state index < -0.39 is 12.0 Å². The minimum absolute atomic E-state index is 0.0863. The first-order valence-corrected chi connectivity index (χ1v) is 9.48. The van der Waals surface area contributed by atoms with Crippen LogP contribution in [-0.2, 0) is 11.2 Å². The number of hydrogen-bond acceptors (Lipinski definition) is 2. The summed E-state index contributed by atoms with van der Waals surface area (Å²) < 4.78 is 27.9. The van der Waals surface area contributed by atoms with Crippen molar-refractivity contribution in [3.05, 3.63) is 46.0 Å². The smallest absolute Gasteiger partial charge is 0.127 e. The Hall–Kier alpha value is -0.860. The van der Waals surface area contributed by atoms with E-state index in [1.54, 1.807) is 11.8 Å². The summed E-state index contributed by atoms with van der Waals surface area (Å²) in [6.07, 6.45) is 1.76. The number of rotatable bonds is 3. The fourth-order valence-corrected chi connectivity index (χ4v) is 3.70. The summed E-state index contributed by atoms with van der Waals surface area (Å²) in [5.41, 5.74) is 2.42. The Labute approximate surface area is 143 Å². The lowest BCUT2D eigenvalue weighted by molar-refractivity contribution is 0.370. The zero-order chi connectivity index (χ0) is 17.4. The topological polar surface area (TPSA) is 20.2 Å². The summed E-state index contributed by atoms with van der Waals surface area (Å²) in [6.45, 7) is 6.23. The lowest BCUT2D eigenvalue weighted by Crippen LogP contribution is -2.13. The van der Waals surface area contributed by atoms with Crippen LogP contribution in [0.1, 0.15) is 43.9 Å². The Morgan fingerprint density at radius 3 is 2.52 bits per heavy atom. The second-order valence-electron chi connectivity index (χ2n) is 6.84. The number of aromatic hydroxyl groups is 1. The van der Waals surface area contributed by atoms with Gasteiger partial charge in [0.2, 0.25) is 0 Å². The minimum atomic E-state index is -1.31. The Morgan fingerprint density at radius 2 is 2.00 bits per heavy atom. The number of phenolic OH excluding ortho intramolecular Hbond substituents is 1. The molecule has 0 saturated heterocycles. The lowest BCUT2D eigenvalue weighted by Gasteiger charge is -2.25. The van der Waals surface area contributed by atoms with Crippen LogP contribution in [0.5, 0.6) is 5.75 Å². The first-order valence-electron chi connectivity index (χ1n) is 7.51. The molecule has 1 aromatic carbocycles. The molecule has 1 nitrogen and oxygen atoms in total. The van der Waals surface area contributed by atoms with E-state index in [4.69, 9.17) is 0 Å². The molecule has 0 heterocycles. The molecule has 1 aliphatic carbocycles. The Morgan fingerprint density at radius 1 is 1.35 bits per heavy atom. The third kappa shape index (κ3) is 3.97. The van der Waals surface area contributed by atoms with E-state index in [1.165, 1.54) is 6.08 Å². The summed E-state index contributed by atoms with van der Waals surface area (Å²) in [4.78, 5) is 0. The van der Waals surface area contributed by atoms with Gasteiger partial charge in [-0.2, -0.15) is 11.8 Å². The van der Waals surface area contributed by atoms with Crippen molar-refractivity contribution in [2.45, 2.75) is 44.5 Å². The van der Waals surface area contributed by atoms with Gasteiger partial charge in [-0.05, 0) is 34.7 Å². The van der Waals surface area contributed by atoms with E-state index >= 15 is 0 Å². The largest absolute Gasteiger partial charge is 0.507 e. The maximum Gasteiger partial charge on any atom is 0.127 e. The molecule has 0 radical (unpaired) electrons. The molecule has 2 rings (SSSR count). The molecule has 5 heteroatoms. The molecule has 2 unspecified atom stereocenters. The highest BCUT2D eigenvalue weighted by Crippen LogP contribution is 2.44. The van der Waals surface area contributed by atoms with Crippen molar-refractivity contribution in [1.82, 2.24) is 0 Å². The van der Waals surface area contributed by atoms with Crippen LogP contribution in [0.25, 0.3) is 5.57 Å². The molecule has 23 heavy (non-hydrogen) atoms. The van der Waals surface area contributed by atoms with Crippen LogP contribution in [0.3, 0.4) is 0 Å². The zero-order valence-corrected chi connectivity index (χ0v) is 15.9. The molecule has 126 valence electrons. The van der Waals surface area contributed by atoms with Crippen molar-refractivity contribution in [3.8, 4) is 5.75 Å². The van der Waals surface area contributed by atoms with Crippen molar-refractivity contribution in [2.24, 2.45) is 0 Å². The molecule has 2 atom stereocenters. The van der Waals surface area contributed by atoms with E-state index in [-0.39, 0.29) is 17.6 Å². The summed E-state index contributed by atoms with van der Waals surface area (Å²) in [7, 11) is 2.39. The van der Waals surface area contributed by atoms with Gasteiger partial charge in [0.1, 0.15) is 17.7 Å². The first-order chi connectivity index (χ1) is 10.6. The van der Waals surface area contributed by atoms with Gasteiger partial charge in [-0.3, -0.25) is 0 Å². The third-order valence-electron chi connectivity index (χ3n) is 3.92. The normalized spacial score (nSPS) is 19.1. The average molecular weight is 356 g/mol. The van der Waals surface area contributed by atoms with Crippen LogP contribution in [-0.4, -0.2) is 17.5 Å². The van der Waals surface area contributed by atoms with Crippen LogP contribution in [0.4, 0.5) is 8.78 Å². The van der Waals surface area contributed by atoms with Gasteiger partial charge in [-0.1, -0.05) is 26.8 Å². The Balaban J connectivity index is 2.69. The molecule has 0 aliphatic heterocycles. The van der Waals surface area contributed by atoms with Crippen LogP contribution >= 0.6 is 21.0 Å². The van der Waals surface area contributed by atoms with E-state index in [0.29, 0.717) is 22.2 Å². The first kappa shape index (κ1) is 18.5. The van der Waals surface area contributed by atoms with Gasteiger partial charge in [0, 0.05) is 28.9 Å². The van der Waals surface area contributed by atoms with Gasteiger partial charge in [0.15, 0.2) is 0 Å². The molecule has 0 spiro atoms. The van der Waals surface area contributed by atoms with Crippen molar-refractivity contribution < 1.29 is 13.9 Å². The maximum absolute atomic E-state index is 14.4. The van der Waals surface area contributed by atoms with Crippen LogP contribution < -0.4 is 0 Å². The van der Waals surface area contributed by atoms with Gasteiger partial charge >= 0.3 is 0 Å². The van der Waals surface area contributed by atoms with E-state index in [0.717, 1.165) is 11.1 Å². The second kappa shape index (κ2) is 6.94. The van der Waals surface area contributed by atoms with Gasteiger partial charge < -0.3 is 5.11 Å². The Kier molecular flexibility index (Phi) is 5.58. The highest BCUT2D eigenvalue weighted by Gasteiger charge is 2.26. The molecule has 1 aliphatic rings. The van der Waals surface area contributed by atoms with Crippen molar-refractivity contribution >= 4 is 26.6 Å². The molecule has 0 saturated carbocycles. The molecule has 0 amide bonds. The average Bonchev–Trinajstić information content (AvgIpc) is 2.40.